The number of rotatable bonds is 7. The highest BCUT2D eigenvalue weighted by Gasteiger charge is 2.16. The van der Waals surface area contributed by atoms with E-state index in [0.29, 0.717) is 40.0 Å². The van der Waals surface area contributed by atoms with Crippen LogP contribution in [-0.4, -0.2) is 41.5 Å². The number of carbonyl (C=O) groups excluding carboxylic acids is 1. The number of anilines is 1. The normalized spacial score (nSPS) is 9.96. The third kappa shape index (κ3) is 3.88. The summed E-state index contributed by atoms with van der Waals surface area (Å²) in [5.74, 6) is 2.06. The van der Waals surface area contributed by atoms with Crippen molar-refractivity contribution in [2.24, 2.45) is 0 Å². The minimum atomic E-state index is -0.310. The van der Waals surface area contributed by atoms with Gasteiger partial charge in [0.25, 0.3) is 5.91 Å². The van der Waals surface area contributed by atoms with Crippen molar-refractivity contribution in [1.82, 2.24) is 0 Å². The molecule has 2 aromatic rings. The number of methoxy groups -OCH3 is 5. The molecule has 0 radical (unpaired) electrons. The van der Waals surface area contributed by atoms with Gasteiger partial charge in [-0.1, -0.05) is 0 Å². The van der Waals surface area contributed by atoms with Crippen molar-refractivity contribution in [2.45, 2.75) is 0 Å². The molecule has 7 heteroatoms. The first-order valence-corrected chi connectivity index (χ1v) is 7.41. The van der Waals surface area contributed by atoms with E-state index in [1.165, 1.54) is 35.5 Å². The molecule has 0 heterocycles. The van der Waals surface area contributed by atoms with Gasteiger partial charge in [0.05, 0.1) is 35.5 Å². The number of nitrogens with one attached hydrogen (secondary N) is 1. The number of hydrogen-bond acceptors (Lipinski definition) is 6. The van der Waals surface area contributed by atoms with Crippen LogP contribution >= 0.6 is 0 Å². The Kier molecular flexibility index (Phi) is 5.94. The van der Waals surface area contributed by atoms with Gasteiger partial charge in [-0.3, -0.25) is 4.79 Å². The molecule has 0 spiro atoms. The summed E-state index contributed by atoms with van der Waals surface area (Å²) < 4.78 is 26.2. The maximum absolute atomic E-state index is 12.5. The van der Waals surface area contributed by atoms with E-state index in [9.17, 15) is 4.79 Å². The maximum Gasteiger partial charge on any atom is 0.255 e. The van der Waals surface area contributed by atoms with Crippen LogP contribution in [0.5, 0.6) is 28.7 Å². The van der Waals surface area contributed by atoms with Crippen LogP contribution in [0.1, 0.15) is 10.4 Å². The molecule has 2 aromatic carbocycles. The zero-order valence-electron chi connectivity index (χ0n) is 14.8. The number of amides is 1. The van der Waals surface area contributed by atoms with Crippen LogP contribution in [0.25, 0.3) is 0 Å². The van der Waals surface area contributed by atoms with E-state index >= 15 is 0 Å². The SMILES string of the molecule is COc1ccc(C(=O)Nc2cc(OC)c(OC)c(OC)c2)cc1OC. The minimum absolute atomic E-state index is 0.310. The molecule has 0 fully saturated rings. The molecule has 0 saturated heterocycles. The predicted octanol–water partition coefficient (Wildman–Crippen LogP) is 2.98. The summed E-state index contributed by atoms with van der Waals surface area (Å²) in [6, 6.07) is 8.23. The lowest BCUT2D eigenvalue weighted by Gasteiger charge is -2.15. The molecule has 25 heavy (non-hydrogen) atoms. The number of ether oxygens (including phenoxy) is 5. The van der Waals surface area contributed by atoms with Crippen LogP contribution in [0.15, 0.2) is 30.3 Å². The zero-order chi connectivity index (χ0) is 18.4. The van der Waals surface area contributed by atoms with Gasteiger partial charge in [-0.05, 0) is 18.2 Å². The number of hydrogen-bond donors (Lipinski definition) is 1. The van der Waals surface area contributed by atoms with E-state index in [-0.39, 0.29) is 5.91 Å². The average molecular weight is 347 g/mol. The van der Waals surface area contributed by atoms with Crippen molar-refractivity contribution in [2.75, 3.05) is 40.9 Å². The van der Waals surface area contributed by atoms with Crippen LogP contribution in [0.3, 0.4) is 0 Å². The van der Waals surface area contributed by atoms with Gasteiger partial charge in [-0.2, -0.15) is 0 Å². The van der Waals surface area contributed by atoms with Crippen LogP contribution in [0, 0.1) is 0 Å². The lowest BCUT2D eigenvalue weighted by Crippen LogP contribution is -2.12. The van der Waals surface area contributed by atoms with Crippen LogP contribution in [0.4, 0.5) is 5.69 Å². The fourth-order valence-corrected chi connectivity index (χ4v) is 2.33. The first-order valence-electron chi connectivity index (χ1n) is 7.41. The molecular weight excluding hydrogens is 326 g/mol. The van der Waals surface area contributed by atoms with Crippen molar-refractivity contribution < 1.29 is 28.5 Å². The van der Waals surface area contributed by atoms with Gasteiger partial charge >= 0.3 is 0 Å². The zero-order valence-corrected chi connectivity index (χ0v) is 14.8. The molecule has 0 saturated carbocycles. The summed E-state index contributed by atoms with van der Waals surface area (Å²) in [4.78, 5) is 12.5. The third-order valence-corrected chi connectivity index (χ3v) is 3.57. The van der Waals surface area contributed by atoms with E-state index in [4.69, 9.17) is 23.7 Å². The molecule has 0 aromatic heterocycles. The Labute approximate surface area is 146 Å². The van der Waals surface area contributed by atoms with E-state index in [2.05, 4.69) is 5.32 Å². The summed E-state index contributed by atoms with van der Waals surface area (Å²) in [7, 11) is 7.59. The maximum atomic E-state index is 12.5. The Morgan fingerprint density at radius 3 is 1.76 bits per heavy atom. The minimum Gasteiger partial charge on any atom is -0.493 e. The highest BCUT2D eigenvalue weighted by atomic mass is 16.5. The lowest BCUT2D eigenvalue weighted by atomic mass is 10.1. The van der Waals surface area contributed by atoms with Crippen molar-refractivity contribution in [1.29, 1.82) is 0 Å². The monoisotopic (exact) mass is 347 g/mol. The Hall–Kier alpha value is -3.09. The summed E-state index contributed by atoms with van der Waals surface area (Å²) in [5.41, 5.74) is 0.931. The molecule has 0 aliphatic rings. The number of benzene rings is 2. The Morgan fingerprint density at radius 1 is 0.720 bits per heavy atom. The van der Waals surface area contributed by atoms with E-state index < -0.39 is 0 Å². The second-order valence-electron chi connectivity index (χ2n) is 4.94. The fourth-order valence-electron chi connectivity index (χ4n) is 2.33. The van der Waals surface area contributed by atoms with Crippen molar-refractivity contribution in [3.05, 3.63) is 35.9 Å². The van der Waals surface area contributed by atoms with Gasteiger partial charge in [-0.25, -0.2) is 0 Å². The third-order valence-electron chi connectivity index (χ3n) is 3.57. The second-order valence-corrected chi connectivity index (χ2v) is 4.94. The molecule has 0 aliphatic carbocycles. The molecule has 7 nitrogen and oxygen atoms in total. The van der Waals surface area contributed by atoms with Crippen molar-refractivity contribution in [3.8, 4) is 28.7 Å². The van der Waals surface area contributed by atoms with Crippen molar-refractivity contribution >= 4 is 11.6 Å². The average Bonchev–Trinajstić information content (AvgIpc) is 2.66. The highest BCUT2D eigenvalue weighted by Crippen LogP contribution is 2.40. The summed E-state index contributed by atoms with van der Waals surface area (Å²) >= 11 is 0. The Morgan fingerprint density at radius 2 is 1.28 bits per heavy atom. The van der Waals surface area contributed by atoms with Gasteiger partial charge in [0.2, 0.25) is 5.75 Å². The first kappa shape index (κ1) is 18.3. The molecule has 2 rings (SSSR count). The van der Waals surface area contributed by atoms with Gasteiger partial charge in [-0.15, -0.1) is 0 Å². The Balaban J connectivity index is 2.31. The number of carbonyl (C=O) groups is 1. The smallest absolute Gasteiger partial charge is 0.255 e. The molecule has 134 valence electrons. The van der Waals surface area contributed by atoms with E-state index in [1.54, 1.807) is 30.3 Å². The molecule has 0 bridgehead atoms. The van der Waals surface area contributed by atoms with Crippen LogP contribution in [-0.2, 0) is 0 Å². The molecular formula is C18H21NO6. The highest BCUT2D eigenvalue weighted by molar-refractivity contribution is 6.05. The topological polar surface area (TPSA) is 75.3 Å². The molecule has 0 unspecified atom stereocenters. The largest absolute Gasteiger partial charge is 0.493 e. The molecule has 1 amide bonds. The lowest BCUT2D eigenvalue weighted by molar-refractivity contribution is 0.102. The van der Waals surface area contributed by atoms with E-state index in [1.807, 2.05) is 0 Å². The van der Waals surface area contributed by atoms with Crippen LogP contribution < -0.4 is 29.0 Å². The molecule has 1 N–H and O–H groups in total. The van der Waals surface area contributed by atoms with Gasteiger partial charge < -0.3 is 29.0 Å². The summed E-state index contributed by atoms with van der Waals surface area (Å²) in [6.07, 6.45) is 0. The first-order chi connectivity index (χ1) is 12.1. The fraction of sp³-hybridized carbons (Fsp3) is 0.278. The van der Waals surface area contributed by atoms with Crippen molar-refractivity contribution in [3.63, 3.8) is 0 Å². The summed E-state index contributed by atoms with van der Waals surface area (Å²) in [5, 5.41) is 2.80. The molecule has 0 atom stereocenters. The second kappa shape index (κ2) is 8.14. The predicted molar refractivity (Wildman–Crippen MR) is 93.6 cm³/mol. The Bertz CT molecular complexity index is 734. The van der Waals surface area contributed by atoms with Crippen LogP contribution in [0.2, 0.25) is 0 Å². The van der Waals surface area contributed by atoms with Gasteiger partial charge in [0.1, 0.15) is 0 Å². The quantitative estimate of drug-likeness (QED) is 0.830. The van der Waals surface area contributed by atoms with E-state index in [0.717, 1.165) is 0 Å². The van der Waals surface area contributed by atoms with Gasteiger partial charge in [0, 0.05) is 23.4 Å². The molecule has 0 aliphatic heterocycles. The summed E-state index contributed by atoms with van der Waals surface area (Å²) in [6.45, 7) is 0. The van der Waals surface area contributed by atoms with Gasteiger partial charge in [0.15, 0.2) is 23.0 Å². The standard InChI is InChI=1S/C18H21NO6/c1-21-13-7-6-11(8-14(13)22-2)18(20)19-12-9-15(23-3)17(25-5)16(10-12)24-4/h6-10H,1-5H3,(H,19,20).